The average Bonchev–Trinajstić information content (AvgIpc) is 3.66. The average molecular weight is 799 g/mol. The van der Waals surface area contributed by atoms with Gasteiger partial charge in [-0.15, -0.1) is 17.5 Å². The number of nitrogens with zero attached hydrogens (tertiary/aromatic N) is 5. The van der Waals surface area contributed by atoms with Gasteiger partial charge in [0.15, 0.2) is 0 Å². The van der Waals surface area contributed by atoms with E-state index in [1.54, 1.807) is 0 Å². The van der Waals surface area contributed by atoms with Gasteiger partial charge in [0.25, 0.3) is 0 Å². The fraction of sp³-hybridized carbons (Fsp3) is 0.225. The summed E-state index contributed by atoms with van der Waals surface area (Å²) >= 11 is 0. The zero-order chi connectivity index (χ0) is 32.3. The van der Waals surface area contributed by atoms with E-state index >= 15 is 0 Å². The van der Waals surface area contributed by atoms with Gasteiger partial charge in [-0.3, -0.25) is 0 Å². The van der Waals surface area contributed by atoms with E-state index < -0.39 is 0 Å². The van der Waals surface area contributed by atoms with Crippen LogP contribution >= 0.6 is 0 Å². The molecule has 4 heterocycles. The molecule has 0 bridgehead atoms. The van der Waals surface area contributed by atoms with Crippen LogP contribution in [0.1, 0.15) is 54.2 Å². The van der Waals surface area contributed by atoms with Crippen LogP contribution < -0.4 is 9.84 Å². The van der Waals surface area contributed by atoms with Crippen LogP contribution in [-0.4, -0.2) is 19.6 Å². The van der Waals surface area contributed by atoms with E-state index in [0.717, 1.165) is 38.9 Å². The first-order valence-corrected chi connectivity index (χ1v) is 15.7. The summed E-state index contributed by atoms with van der Waals surface area (Å²) in [5.41, 5.74) is 13.0. The molecule has 0 atom stereocenters. The van der Waals surface area contributed by atoms with Crippen LogP contribution in [0.4, 0.5) is 0 Å². The predicted octanol–water partition coefficient (Wildman–Crippen LogP) is 9.69. The minimum Gasteiger partial charge on any atom is -0.573 e. The molecular weight excluding hydrogens is 762 g/mol. The number of aromatic nitrogens is 5. The van der Waals surface area contributed by atoms with Crippen molar-refractivity contribution in [3.05, 3.63) is 118 Å². The van der Waals surface area contributed by atoms with Crippen molar-refractivity contribution in [2.24, 2.45) is 0 Å². The summed E-state index contributed by atoms with van der Waals surface area (Å²) in [6.45, 7) is 17.5. The van der Waals surface area contributed by atoms with E-state index in [1.807, 2.05) is 36.5 Å². The Morgan fingerprint density at radius 1 is 0.745 bits per heavy atom. The van der Waals surface area contributed by atoms with Crippen molar-refractivity contribution in [1.82, 2.24) is 24.7 Å². The Hall–Kier alpha value is -4.54. The van der Waals surface area contributed by atoms with Crippen molar-refractivity contribution in [3.8, 4) is 40.1 Å². The number of benzene rings is 3. The van der Waals surface area contributed by atoms with Crippen LogP contribution in [0.15, 0.2) is 79.0 Å². The summed E-state index contributed by atoms with van der Waals surface area (Å²) in [6, 6.07) is 27.9. The minimum atomic E-state index is -0.00630. The molecule has 7 rings (SSSR count). The van der Waals surface area contributed by atoms with Crippen LogP contribution in [0.3, 0.4) is 0 Å². The molecule has 0 aliphatic rings. The van der Waals surface area contributed by atoms with Gasteiger partial charge in [0.2, 0.25) is 5.88 Å². The van der Waals surface area contributed by atoms with Gasteiger partial charge in [0.05, 0.1) is 5.69 Å². The first-order valence-electron chi connectivity index (χ1n) is 15.7. The van der Waals surface area contributed by atoms with Gasteiger partial charge in [-0.25, -0.2) is 9.97 Å². The second-order valence-corrected chi connectivity index (χ2v) is 13.2. The molecule has 0 aliphatic heterocycles. The quantitative estimate of drug-likeness (QED) is 0.162. The van der Waals surface area contributed by atoms with E-state index in [0.29, 0.717) is 23.0 Å². The van der Waals surface area contributed by atoms with Crippen molar-refractivity contribution in [2.45, 2.75) is 60.8 Å². The molecule has 0 amide bonds. The summed E-state index contributed by atoms with van der Waals surface area (Å²) in [5, 5.41) is 11.3. The molecule has 3 aromatic carbocycles. The third-order valence-electron chi connectivity index (χ3n) is 9.39. The summed E-state index contributed by atoms with van der Waals surface area (Å²) in [5.74, 6) is 1.88. The van der Waals surface area contributed by atoms with Crippen LogP contribution in [0.2, 0.25) is 0 Å². The monoisotopic (exact) mass is 798 g/mol. The summed E-state index contributed by atoms with van der Waals surface area (Å²) < 4.78 is 8.50. The predicted molar refractivity (Wildman–Crippen MR) is 186 cm³/mol. The first kappa shape index (κ1) is 32.4. The van der Waals surface area contributed by atoms with E-state index in [9.17, 15) is 0 Å². The molecule has 7 aromatic rings. The molecule has 0 spiro atoms. The third-order valence-corrected chi connectivity index (χ3v) is 9.39. The second-order valence-electron chi connectivity index (χ2n) is 13.2. The Kier molecular flexibility index (Phi) is 8.44. The van der Waals surface area contributed by atoms with Crippen molar-refractivity contribution in [3.63, 3.8) is 0 Å². The van der Waals surface area contributed by atoms with E-state index in [-0.39, 0.29) is 26.5 Å². The summed E-state index contributed by atoms with van der Waals surface area (Å²) in [7, 11) is 0. The molecular formula is C40H37N5OPt. The van der Waals surface area contributed by atoms with Gasteiger partial charge >= 0.3 is 21.1 Å². The van der Waals surface area contributed by atoms with E-state index in [1.165, 1.54) is 33.4 Å². The molecule has 0 saturated heterocycles. The van der Waals surface area contributed by atoms with Gasteiger partial charge < -0.3 is 19.5 Å². The maximum Gasteiger partial charge on any atom is 2.00 e. The largest absolute Gasteiger partial charge is 2.00 e. The Bertz CT molecular complexity index is 2260. The van der Waals surface area contributed by atoms with E-state index in [2.05, 4.69) is 119 Å². The Labute approximate surface area is 290 Å². The normalized spacial score (nSPS) is 11.7. The number of pyridine rings is 2. The maximum atomic E-state index is 6.34. The van der Waals surface area contributed by atoms with Crippen LogP contribution in [-0.2, 0) is 26.5 Å². The van der Waals surface area contributed by atoms with E-state index in [4.69, 9.17) is 14.7 Å². The van der Waals surface area contributed by atoms with Crippen molar-refractivity contribution in [2.75, 3.05) is 0 Å². The Morgan fingerprint density at radius 2 is 1.47 bits per heavy atom. The number of hydrogen-bond donors (Lipinski definition) is 0. The number of rotatable bonds is 5. The number of hydrogen-bond acceptors (Lipinski definition) is 4. The molecule has 4 aromatic heterocycles. The smallest absolute Gasteiger partial charge is 0.573 e. The molecule has 0 aliphatic carbocycles. The zero-order valence-electron chi connectivity index (χ0n) is 28.0. The summed E-state index contributed by atoms with van der Waals surface area (Å²) in [6.07, 6.45) is 1.88. The molecule has 6 nitrogen and oxygen atoms in total. The standard InChI is InChI=1S/C40H37N5O.Pt/c1-23-24(2)26(4)39(27(5)25(23)3)34-22-33(43-44-34)32-13-11-15-38(42-32)46-29-16-17-31-30-12-9-10-14-35(30)45(36(31)21-29)37-20-28(18-19-41-37)40(6,7)8;/h9-20,22H,1-8H3;/q-2;+2. The molecule has 0 fully saturated rings. The molecule has 238 valence electrons. The molecule has 0 N–H and O–H groups in total. The van der Waals surface area contributed by atoms with Crippen molar-refractivity contribution >= 4 is 21.8 Å². The Balaban J connectivity index is 0.00000386. The number of para-hydroxylation sites is 1. The van der Waals surface area contributed by atoms with Gasteiger partial charge in [-0.2, -0.15) is 6.07 Å². The number of ether oxygens (including phenoxy) is 1. The van der Waals surface area contributed by atoms with Gasteiger partial charge in [-0.1, -0.05) is 56.2 Å². The summed E-state index contributed by atoms with van der Waals surface area (Å²) in [4.78, 5) is 9.60. The van der Waals surface area contributed by atoms with Gasteiger partial charge in [0.1, 0.15) is 5.82 Å². The van der Waals surface area contributed by atoms with Crippen molar-refractivity contribution < 1.29 is 25.8 Å². The molecule has 47 heavy (non-hydrogen) atoms. The van der Waals surface area contributed by atoms with Crippen LogP contribution in [0.5, 0.6) is 11.6 Å². The third kappa shape index (κ3) is 5.70. The molecule has 0 radical (unpaired) electrons. The second kappa shape index (κ2) is 12.2. The van der Waals surface area contributed by atoms with Gasteiger partial charge in [-0.05, 0) is 109 Å². The topological polar surface area (TPSA) is 66.9 Å². The van der Waals surface area contributed by atoms with Crippen LogP contribution in [0.25, 0.3) is 50.3 Å². The minimum absolute atomic E-state index is 0. The van der Waals surface area contributed by atoms with Crippen LogP contribution in [0, 0.1) is 40.7 Å². The number of fused-ring (bicyclic) bond motifs is 3. The fourth-order valence-electron chi connectivity index (χ4n) is 6.33. The fourth-order valence-corrected chi connectivity index (χ4v) is 6.33. The SMILES string of the molecule is Cc1c(C)c(C)c(-c2cc(-c3cccc(Oc4[c-]c5c(cc4)c4ccccc4n5-c4cc(C(C)(C)C)ccn4)n3)[n-]n2)c(C)c1C.[Pt+2]. The molecule has 7 heteroatoms. The molecule has 0 unspecified atom stereocenters. The van der Waals surface area contributed by atoms with Crippen molar-refractivity contribution in [1.29, 1.82) is 0 Å². The van der Waals surface area contributed by atoms with Gasteiger partial charge in [0, 0.05) is 34.8 Å². The first-order chi connectivity index (χ1) is 22.0. The Morgan fingerprint density at radius 3 is 2.21 bits per heavy atom. The zero-order valence-corrected chi connectivity index (χ0v) is 30.2. The molecule has 0 saturated carbocycles. The maximum absolute atomic E-state index is 6.34.